The summed E-state index contributed by atoms with van der Waals surface area (Å²) in [5.41, 5.74) is 3.43. The Balaban J connectivity index is 1.69. The van der Waals surface area contributed by atoms with E-state index >= 15 is 0 Å². The number of nitrogens with one attached hydrogen (secondary N) is 1. The third kappa shape index (κ3) is 6.71. The first kappa shape index (κ1) is 17.8. The van der Waals surface area contributed by atoms with Gasteiger partial charge in [-0.1, -0.05) is 30.9 Å². The van der Waals surface area contributed by atoms with Crippen molar-refractivity contribution in [2.45, 2.75) is 11.3 Å². The molecule has 0 unspecified atom stereocenters. The molecule has 0 spiro atoms. The highest BCUT2D eigenvalue weighted by molar-refractivity contribution is 7.99. The topological polar surface area (TPSA) is 50.7 Å². The van der Waals surface area contributed by atoms with Crippen LogP contribution in [0.1, 0.15) is 12.0 Å². The van der Waals surface area contributed by atoms with Gasteiger partial charge in [-0.15, -0.1) is 11.8 Å². The number of ether oxygens (including phenoxy) is 1. The average Bonchev–Trinajstić information content (AvgIpc) is 2.62. The van der Waals surface area contributed by atoms with Gasteiger partial charge < -0.3 is 4.74 Å². The Labute approximate surface area is 146 Å². The Hall–Kier alpha value is -2.53. The van der Waals surface area contributed by atoms with E-state index in [0.29, 0.717) is 13.0 Å². The molecule has 4 nitrogen and oxygen atoms in total. The molecule has 24 heavy (non-hydrogen) atoms. The maximum absolute atomic E-state index is 11.7. The van der Waals surface area contributed by atoms with Crippen LogP contribution in [0.2, 0.25) is 0 Å². The van der Waals surface area contributed by atoms with E-state index in [1.807, 2.05) is 54.6 Å². The van der Waals surface area contributed by atoms with Crippen LogP contribution in [-0.4, -0.2) is 24.5 Å². The molecule has 2 aromatic carbocycles. The van der Waals surface area contributed by atoms with Gasteiger partial charge in [-0.25, -0.2) is 5.43 Å². The van der Waals surface area contributed by atoms with E-state index < -0.39 is 0 Å². The molecule has 0 aromatic heterocycles. The monoisotopic (exact) mass is 340 g/mol. The number of nitrogens with zero attached hydrogens (tertiary/aromatic N) is 1. The summed E-state index contributed by atoms with van der Waals surface area (Å²) in [6.07, 6.45) is 3.73. The Kier molecular flexibility index (Phi) is 7.63. The van der Waals surface area contributed by atoms with E-state index in [0.717, 1.165) is 22.0 Å². The van der Waals surface area contributed by atoms with Crippen molar-refractivity contribution in [3.63, 3.8) is 0 Å². The predicted molar refractivity (Wildman–Crippen MR) is 99.7 cm³/mol. The Morgan fingerprint density at radius 2 is 1.92 bits per heavy atom. The van der Waals surface area contributed by atoms with E-state index in [2.05, 4.69) is 17.1 Å². The molecule has 5 heteroatoms. The summed E-state index contributed by atoms with van der Waals surface area (Å²) in [5, 5.41) is 3.97. The van der Waals surface area contributed by atoms with Crippen LogP contribution >= 0.6 is 11.8 Å². The van der Waals surface area contributed by atoms with Gasteiger partial charge in [-0.2, -0.15) is 5.10 Å². The quantitative estimate of drug-likeness (QED) is 0.326. The standard InChI is InChI=1S/C19H20N2O2S/c1-2-13-23-17-10-8-16(9-11-17)15-20-21-19(22)12-14-24-18-6-4-3-5-7-18/h2-11,15H,1,12-14H2,(H,21,22)/b20-15-. The van der Waals surface area contributed by atoms with Crippen molar-refractivity contribution in [2.24, 2.45) is 5.10 Å². The van der Waals surface area contributed by atoms with Crippen molar-refractivity contribution in [1.82, 2.24) is 5.43 Å². The summed E-state index contributed by atoms with van der Waals surface area (Å²) in [6.45, 7) is 4.08. The highest BCUT2D eigenvalue weighted by atomic mass is 32.2. The second kappa shape index (κ2) is 10.3. The van der Waals surface area contributed by atoms with Gasteiger partial charge in [0.25, 0.3) is 0 Å². The third-order valence-electron chi connectivity index (χ3n) is 2.99. The molecule has 1 amide bonds. The Bertz CT molecular complexity index is 670. The van der Waals surface area contributed by atoms with Crippen molar-refractivity contribution >= 4 is 23.9 Å². The lowest BCUT2D eigenvalue weighted by Gasteiger charge is -2.03. The van der Waals surface area contributed by atoms with Crippen LogP contribution in [0, 0.1) is 0 Å². The van der Waals surface area contributed by atoms with Gasteiger partial charge in [0.2, 0.25) is 5.91 Å². The lowest BCUT2D eigenvalue weighted by molar-refractivity contribution is -0.120. The predicted octanol–water partition coefficient (Wildman–Crippen LogP) is 3.88. The van der Waals surface area contributed by atoms with Gasteiger partial charge in [0.15, 0.2) is 0 Å². The van der Waals surface area contributed by atoms with Crippen LogP contribution in [0.3, 0.4) is 0 Å². The van der Waals surface area contributed by atoms with Crippen LogP contribution < -0.4 is 10.2 Å². The second-order valence-corrected chi connectivity index (χ2v) is 6.04. The summed E-state index contributed by atoms with van der Waals surface area (Å²) in [7, 11) is 0. The molecule has 0 saturated heterocycles. The molecular formula is C19H20N2O2S. The first-order valence-electron chi connectivity index (χ1n) is 7.61. The third-order valence-corrected chi connectivity index (χ3v) is 4.01. The minimum atomic E-state index is -0.0967. The number of carbonyl (C=O) groups excluding carboxylic acids is 1. The average molecular weight is 340 g/mol. The van der Waals surface area contributed by atoms with Crippen LogP contribution in [0.15, 0.2) is 77.2 Å². The molecule has 0 bridgehead atoms. The second-order valence-electron chi connectivity index (χ2n) is 4.87. The van der Waals surface area contributed by atoms with Crippen molar-refractivity contribution in [3.8, 4) is 5.75 Å². The summed E-state index contributed by atoms with van der Waals surface area (Å²) < 4.78 is 5.40. The fourth-order valence-corrected chi connectivity index (χ4v) is 2.69. The Morgan fingerprint density at radius 3 is 2.62 bits per heavy atom. The molecule has 0 aliphatic heterocycles. The molecule has 0 fully saturated rings. The lowest BCUT2D eigenvalue weighted by Crippen LogP contribution is -2.17. The van der Waals surface area contributed by atoms with Gasteiger partial charge in [0, 0.05) is 17.1 Å². The van der Waals surface area contributed by atoms with Crippen LogP contribution in [0.25, 0.3) is 0 Å². The largest absolute Gasteiger partial charge is 0.490 e. The lowest BCUT2D eigenvalue weighted by atomic mass is 10.2. The number of hydrogen-bond donors (Lipinski definition) is 1. The first-order valence-corrected chi connectivity index (χ1v) is 8.60. The number of amides is 1. The molecule has 124 valence electrons. The zero-order chi connectivity index (χ0) is 17.0. The van der Waals surface area contributed by atoms with Gasteiger partial charge in [0.05, 0.1) is 6.21 Å². The highest BCUT2D eigenvalue weighted by Crippen LogP contribution is 2.17. The normalized spacial score (nSPS) is 10.5. The minimum absolute atomic E-state index is 0.0967. The van der Waals surface area contributed by atoms with E-state index in [1.165, 1.54) is 0 Å². The van der Waals surface area contributed by atoms with Crippen molar-refractivity contribution < 1.29 is 9.53 Å². The maximum Gasteiger partial charge on any atom is 0.240 e. The fraction of sp³-hybridized carbons (Fsp3) is 0.158. The molecular weight excluding hydrogens is 320 g/mol. The Morgan fingerprint density at radius 1 is 1.17 bits per heavy atom. The number of hydrogen-bond acceptors (Lipinski definition) is 4. The molecule has 0 radical (unpaired) electrons. The molecule has 0 atom stereocenters. The molecule has 0 aliphatic rings. The molecule has 1 N–H and O–H groups in total. The van der Waals surface area contributed by atoms with E-state index in [1.54, 1.807) is 24.1 Å². The van der Waals surface area contributed by atoms with Crippen molar-refractivity contribution in [3.05, 3.63) is 72.8 Å². The van der Waals surface area contributed by atoms with Crippen LogP contribution in [-0.2, 0) is 4.79 Å². The zero-order valence-electron chi connectivity index (χ0n) is 13.4. The van der Waals surface area contributed by atoms with E-state index in [9.17, 15) is 4.79 Å². The first-order chi connectivity index (χ1) is 11.8. The van der Waals surface area contributed by atoms with E-state index in [-0.39, 0.29) is 5.91 Å². The van der Waals surface area contributed by atoms with Gasteiger partial charge in [-0.3, -0.25) is 4.79 Å². The summed E-state index contributed by atoms with van der Waals surface area (Å²) in [5.74, 6) is 1.40. The van der Waals surface area contributed by atoms with Crippen LogP contribution in [0.4, 0.5) is 0 Å². The van der Waals surface area contributed by atoms with Crippen LogP contribution in [0.5, 0.6) is 5.75 Å². The number of thioether (sulfide) groups is 1. The number of hydrazone groups is 1. The van der Waals surface area contributed by atoms with Gasteiger partial charge >= 0.3 is 0 Å². The number of carbonyl (C=O) groups is 1. The number of benzene rings is 2. The van der Waals surface area contributed by atoms with E-state index in [4.69, 9.17) is 4.74 Å². The van der Waals surface area contributed by atoms with Crippen molar-refractivity contribution in [2.75, 3.05) is 12.4 Å². The maximum atomic E-state index is 11.7. The zero-order valence-corrected chi connectivity index (χ0v) is 14.2. The highest BCUT2D eigenvalue weighted by Gasteiger charge is 2.00. The molecule has 2 rings (SSSR count). The molecule has 0 saturated carbocycles. The van der Waals surface area contributed by atoms with Gasteiger partial charge in [-0.05, 0) is 42.0 Å². The smallest absolute Gasteiger partial charge is 0.240 e. The summed E-state index contributed by atoms with van der Waals surface area (Å²) >= 11 is 1.65. The molecule has 0 heterocycles. The van der Waals surface area contributed by atoms with Gasteiger partial charge in [0.1, 0.15) is 12.4 Å². The molecule has 2 aromatic rings. The molecule has 0 aliphatic carbocycles. The van der Waals surface area contributed by atoms with Crippen molar-refractivity contribution in [1.29, 1.82) is 0 Å². The minimum Gasteiger partial charge on any atom is -0.490 e. The summed E-state index contributed by atoms with van der Waals surface area (Å²) in [6, 6.07) is 17.5. The fourth-order valence-electron chi connectivity index (χ4n) is 1.82. The summed E-state index contributed by atoms with van der Waals surface area (Å²) in [4.78, 5) is 12.9. The number of rotatable bonds is 9. The SMILES string of the molecule is C=CCOc1ccc(/C=N\NC(=O)CCSc2ccccc2)cc1.